The highest BCUT2D eigenvalue weighted by Gasteiger charge is 2.29. The summed E-state index contributed by atoms with van der Waals surface area (Å²) in [7, 11) is 1.38. The zero-order valence-electron chi connectivity index (χ0n) is 21.6. The standard InChI is InChI=1S/C26H33FN2O7/c1-14(2)22(19-8-9-20(27)15(3)12-19)17(5)36-26(32)16(4)29-25(31)23-24(35-13-34-18(6)30)21(33-7)10-11-28-23/h8-12,14,16-17,22H,13H2,1-7H3,(H,29,31)/t16-,17-,22+/m0/s1. The summed E-state index contributed by atoms with van der Waals surface area (Å²) >= 11 is 0. The lowest BCUT2D eigenvalue weighted by Crippen LogP contribution is -2.42. The van der Waals surface area contributed by atoms with Crippen LogP contribution in [0.15, 0.2) is 30.5 Å². The van der Waals surface area contributed by atoms with Gasteiger partial charge in [-0.3, -0.25) is 9.59 Å². The van der Waals surface area contributed by atoms with Crippen LogP contribution in [-0.4, -0.2) is 48.9 Å². The number of nitrogens with one attached hydrogen (secondary N) is 1. The first-order valence-corrected chi connectivity index (χ1v) is 11.5. The lowest BCUT2D eigenvalue weighted by atomic mass is 9.84. The molecular formula is C26H33FN2O7. The van der Waals surface area contributed by atoms with E-state index < -0.39 is 36.8 Å². The summed E-state index contributed by atoms with van der Waals surface area (Å²) < 4.78 is 34.8. The fourth-order valence-corrected chi connectivity index (χ4v) is 3.82. The number of hydrogen-bond donors (Lipinski definition) is 1. The van der Waals surface area contributed by atoms with E-state index in [0.717, 1.165) is 5.56 Å². The van der Waals surface area contributed by atoms with Gasteiger partial charge < -0.3 is 24.3 Å². The molecule has 0 fully saturated rings. The molecule has 0 spiro atoms. The number of methoxy groups -OCH3 is 1. The van der Waals surface area contributed by atoms with Crippen molar-refractivity contribution >= 4 is 17.8 Å². The Labute approximate surface area is 210 Å². The molecule has 0 aliphatic carbocycles. The number of ether oxygens (including phenoxy) is 4. The van der Waals surface area contributed by atoms with Gasteiger partial charge in [0.15, 0.2) is 17.2 Å². The molecule has 0 aliphatic heterocycles. The average Bonchev–Trinajstić information content (AvgIpc) is 2.80. The van der Waals surface area contributed by atoms with Gasteiger partial charge in [-0.05, 0) is 43.9 Å². The largest absolute Gasteiger partial charge is 0.493 e. The molecule has 0 bridgehead atoms. The van der Waals surface area contributed by atoms with E-state index in [2.05, 4.69) is 10.3 Å². The monoisotopic (exact) mass is 504 g/mol. The van der Waals surface area contributed by atoms with Crippen LogP contribution in [-0.2, 0) is 19.1 Å². The molecule has 0 aliphatic rings. The molecular weight excluding hydrogens is 471 g/mol. The van der Waals surface area contributed by atoms with Crippen LogP contribution in [0, 0.1) is 18.7 Å². The first-order chi connectivity index (χ1) is 17.0. The molecule has 1 N–H and O–H groups in total. The van der Waals surface area contributed by atoms with Gasteiger partial charge in [-0.25, -0.2) is 14.2 Å². The minimum absolute atomic E-state index is 0.0424. The van der Waals surface area contributed by atoms with Gasteiger partial charge >= 0.3 is 11.9 Å². The van der Waals surface area contributed by atoms with Gasteiger partial charge in [-0.2, -0.15) is 0 Å². The first-order valence-electron chi connectivity index (χ1n) is 11.5. The highest BCUT2D eigenvalue weighted by atomic mass is 19.1. The Morgan fingerprint density at radius 3 is 2.39 bits per heavy atom. The van der Waals surface area contributed by atoms with Crippen molar-refractivity contribution in [2.75, 3.05) is 13.9 Å². The van der Waals surface area contributed by atoms with Crippen LogP contribution in [0.25, 0.3) is 0 Å². The maximum Gasteiger partial charge on any atom is 0.328 e. The fraction of sp³-hybridized carbons (Fsp3) is 0.462. The molecule has 1 amide bonds. The van der Waals surface area contributed by atoms with Crippen LogP contribution in [0.1, 0.15) is 62.2 Å². The number of carbonyl (C=O) groups is 3. The van der Waals surface area contributed by atoms with E-state index >= 15 is 0 Å². The summed E-state index contributed by atoms with van der Waals surface area (Å²) in [6.45, 7) is 9.68. The van der Waals surface area contributed by atoms with Gasteiger partial charge in [0.25, 0.3) is 5.91 Å². The number of rotatable bonds is 11. The maximum atomic E-state index is 13.8. The van der Waals surface area contributed by atoms with Crippen LogP contribution >= 0.6 is 0 Å². The maximum absolute atomic E-state index is 13.8. The van der Waals surface area contributed by atoms with Crippen molar-refractivity contribution in [3.8, 4) is 11.5 Å². The second kappa shape index (κ2) is 12.9. The Morgan fingerprint density at radius 1 is 1.11 bits per heavy atom. The van der Waals surface area contributed by atoms with Gasteiger partial charge in [0.05, 0.1) is 7.11 Å². The van der Waals surface area contributed by atoms with Crippen LogP contribution in [0.4, 0.5) is 4.39 Å². The SMILES string of the molecule is COc1ccnc(C(=O)N[C@@H](C)C(=O)O[C@@H](C)[C@H](c2ccc(F)c(C)c2)C(C)C)c1OCOC(C)=O. The van der Waals surface area contributed by atoms with Crippen molar-refractivity contribution < 1.29 is 37.7 Å². The quantitative estimate of drug-likeness (QED) is 0.362. The van der Waals surface area contributed by atoms with Crippen molar-refractivity contribution in [3.05, 3.63) is 53.1 Å². The molecule has 0 radical (unpaired) electrons. The molecule has 2 aromatic rings. The molecule has 1 aromatic carbocycles. The van der Waals surface area contributed by atoms with E-state index in [-0.39, 0.29) is 34.8 Å². The van der Waals surface area contributed by atoms with Gasteiger partial charge in [0.2, 0.25) is 6.79 Å². The van der Waals surface area contributed by atoms with E-state index in [1.807, 2.05) is 13.8 Å². The van der Waals surface area contributed by atoms with Gasteiger partial charge in [-0.1, -0.05) is 26.0 Å². The Bertz CT molecular complexity index is 1090. The number of esters is 2. The number of pyridine rings is 1. The summed E-state index contributed by atoms with van der Waals surface area (Å²) in [6, 6.07) is 5.30. The van der Waals surface area contributed by atoms with Crippen molar-refractivity contribution in [1.29, 1.82) is 0 Å². The lowest BCUT2D eigenvalue weighted by Gasteiger charge is -2.29. The van der Waals surface area contributed by atoms with Gasteiger partial charge in [-0.15, -0.1) is 0 Å². The Morgan fingerprint density at radius 2 is 1.81 bits per heavy atom. The average molecular weight is 505 g/mol. The van der Waals surface area contributed by atoms with Crippen LogP contribution in [0.3, 0.4) is 0 Å². The highest BCUT2D eigenvalue weighted by molar-refractivity contribution is 5.98. The van der Waals surface area contributed by atoms with Crippen LogP contribution in [0.2, 0.25) is 0 Å². The summed E-state index contributed by atoms with van der Waals surface area (Å²) in [5.74, 6) is -2.16. The summed E-state index contributed by atoms with van der Waals surface area (Å²) in [4.78, 5) is 40.8. The number of aromatic nitrogens is 1. The van der Waals surface area contributed by atoms with E-state index in [9.17, 15) is 18.8 Å². The lowest BCUT2D eigenvalue weighted by molar-refractivity contribution is -0.152. The third-order valence-corrected chi connectivity index (χ3v) is 5.56. The van der Waals surface area contributed by atoms with Crippen LogP contribution < -0.4 is 14.8 Å². The molecule has 10 heteroatoms. The number of amides is 1. The normalized spacial score (nSPS) is 13.4. The van der Waals surface area contributed by atoms with E-state index in [4.69, 9.17) is 18.9 Å². The first kappa shape index (κ1) is 28.5. The fourth-order valence-electron chi connectivity index (χ4n) is 3.82. The zero-order chi connectivity index (χ0) is 27.0. The third kappa shape index (κ3) is 7.40. The Balaban J connectivity index is 2.13. The molecule has 1 heterocycles. The predicted octanol–water partition coefficient (Wildman–Crippen LogP) is 3.93. The van der Waals surface area contributed by atoms with Crippen molar-refractivity contribution in [3.63, 3.8) is 0 Å². The molecule has 1 aromatic heterocycles. The molecule has 36 heavy (non-hydrogen) atoms. The number of carbonyl (C=O) groups excluding carboxylic acids is 3. The van der Waals surface area contributed by atoms with E-state index in [0.29, 0.717) is 5.56 Å². The summed E-state index contributed by atoms with van der Waals surface area (Å²) in [5.41, 5.74) is 1.21. The predicted molar refractivity (Wildman–Crippen MR) is 129 cm³/mol. The number of benzene rings is 1. The summed E-state index contributed by atoms with van der Waals surface area (Å²) in [5, 5.41) is 2.55. The minimum Gasteiger partial charge on any atom is -0.493 e. The minimum atomic E-state index is -1.02. The third-order valence-electron chi connectivity index (χ3n) is 5.56. The molecule has 196 valence electrons. The molecule has 0 unspecified atom stereocenters. The smallest absolute Gasteiger partial charge is 0.328 e. The molecule has 0 saturated carbocycles. The second-order valence-corrected chi connectivity index (χ2v) is 8.70. The Kier molecular flexibility index (Phi) is 10.2. The number of hydrogen-bond acceptors (Lipinski definition) is 8. The second-order valence-electron chi connectivity index (χ2n) is 8.70. The topological polar surface area (TPSA) is 113 Å². The van der Waals surface area contributed by atoms with Crippen molar-refractivity contribution in [2.45, 2.75) is 59.6 Å². The molecule has 9 nitrogen and oxygen atoms in total. The highest BCUT2D eigenvalue weighted by Crippen LogP contribution is 2.32. The molecule has 0 saturated heterocycles. The zero-order valence-corrected chi connectivity index (χ0v) is 21.6. The van der Waals surface area contributed by atoms with Gasteiger partial charge in [0.1, 0.15) is 18.0 Å². The number of nitrogens with zero attached hydrogens (tertiary/aromatic N) is 1. The Hall–Kier alpha value is -3.69. The van der Waals surface area contributed by atoms with Crippen molar-refractivity contribution in [2.24, 2.45) is 5.92 Å². The summed E-state index contributed by atoms with van der Waals surface area (Å²) in [6.07, 6.45) is 0.800. The van der Waals surface area contributed by atoms with Crippen molar-refractivity contribution in [1.82, 2.24) is 10.3 Å². The number of halogens is 1. The van der Waals surface area contributed by atoms with Crippen LogP contribution in [0.5, 0.6) is 11.5 Å². The molecule has 3 atom stereocenters. The van der Waals surface area contributed by atoms with Gasteiger partial charge in [0, 0.05) is 25.1 Å². The van der Waals surface area contributed by atoms with E-state index in [1.165, 1.54) is 39.3 Å². The molecule has 2 rings (SSSR count). The number of aryl methyl sites for hydroxylation is 1. The van der Waals surface area contributed by atoms with E-state index in [1.54, 1.807) is 26.0 Å².